The smallest absolute Gasteiger partial charge is 0.314 e. The molecular weight excluding hydrogens is 336 g/mol. The van der Waals surface area contributed by atoms with Gasteiger partial charge in [0.15, 0.2) is 12.4 Å². The minimum atomic E-state index is -0.644. The minimum Gasteiger partial charge on any atom is -0.459 e. The van der Waals surface area contributed by atoms with E-state index in [2.05, 4.69) is 10.9 Å². The quantitative estimate of drug-likeness (QED) is 0.585. The third-order valence-electron chi connectivity index (χ3n) is 4.03. The van der Waals surface area contributed by atoms with Crippen molar-refractivity contribution < 1.29 is 23.5 Å². The van der Waals surface area contributed by atoms with Gasteiger partial charge in [0.05, 0.1) is 12.2 Å². The molecule has 26 heavy (non-hydrogen) atoms. The van der Waals surface area contributed by atoms with Crippen LogP contribution in [-0.2, 0) is 14.3 Å². The Morgan fingerprint density at radius 3 is 2.42 bits per heavy atom. The van der Waals surface area contributed by atoms with Gasteiger partial charge in [0, 0.05) is 0 Å². The molecule has 1 heterocycles. The second kappa shape index (κ2) is 9.41. The Kier molecular flexibility index (Phi) is 6.96. The van der Waals surface area contributed by atoms with Crippen LogP contribution in [0.1, 0.15) is 42.3 Å². The minimum absolute atomic E-state index is 0.0585. The van der Waals surface area contributed by atoms with Crippen molar-refractivity contribution in [2.75, 3.05) is 6.61 Å². The Labute approximate surface area is 151 Å². The first-order chi connectivity index (χ1) is 12.5. The molecule has 0 aliphatic carbocycles. The Bertz CT molecular complexity index is 728. The van der Waals surface area contributed by atoms with E-state index in [4.69, 9.17) is 9.15 Å². The van der Waals surface area contributed by atoms with Crippen molar-refractivity contribution in [2.24, 2.45) is 5.92 Å². The second-order valence-electron chi connectivity index (χ2n) is 5.86. The van der Waals surface area contributed by atoms with E-state index in [0.29, 0.717) is 0 Å². The van der Waals surface area contributed by atoms with E-state index in [1.54, 1.807) is 6.07 Å². The van der Waals surface area contributed by atoms with Crippen LogP contribution in [0.5, 0.6) is 0 Å². The van der Waals surface area contributed by atoms with Gasteiger partial charge >= 0.3 is 11.9 Å². The number of benzene rings is 1. The summed E-state index contributed by atoms with van der Waals surface area (Å²) in [6.45, 7) is 3.46. The van der Waals surface area contributed by atoms with Crippen molar-refractivity contribution in [3.05, 3.63) is 60.1 Å². The summed E-state index contributed by atoms with van der Waals surface area (Å²) in [5.74, 6) is -2.05. The molecule has 0 saturated carbocycles. The van der Waals surface area contributed by atoms with Gasteiger partial charge in [0.1, 0.15) is 0 Å². The lowest BCUT2D eigenvalue weighted by Crippen LogP contribution is -2.43. The SMILES string of the molecule is CC[C@H](C)[C@@H](C(=O)OCC(=O)NNC(=O)c1ccco1)c1ccccc1. The Morgan fingerprint density at radius 1 is 1.08 bits per heavy atom. The van der Waals surface area contributed by atoms with Gasteiger partial charge in [-0.1, -0.05) is 50.6 Å². The van der Waals surface area contributed by atoms with E-state index >= 15 is 0 Å². The molecule has 0 radical (unpaired) electrons. The highest BCUT2D eigenvalue weighted by atomic mass is 16.5. The van der Waals surface area contributed by atoms with Gasteiger partial charge in [-0.3, -0.25) is 25.2 Å². The molecule has 7 heteroatoms. The summed E-state index contributed by atoms with van der Waals surface area (Å²) in [5, 5.41) is 0. The fraction of sp³-hybridized carbons (Fsp3) is 0.316. The third-order valence-corrected chi connectivity index (χ3v) is 4.03. The van der Waals surface area contributed by atoms with Crippen LogP contribution < -0.4 is 10.9 Å². The number of hydrogen-bond acceptors (Lipinski definition) is 5. The average molecular weight is 358 g/mol. The van der Waals surface area contributed by atoms with E-state index in [1.807, 2.05) is 44.2 Å². The molecular formula is C19H22N2O5. The van der Waals surface area contributed by atoms with E-state index in [0.717, 1.165) is 12.0 Å². The molecule has 0 unspecified atom stereocenters. The van der Waals surface area contributed by atoms with Crippen LogP contribution in [0, 0.1) is 5.92 Å². The van der Waals surface area contributed by atoms with Crippen LogP contribution in [0.2, 0.25) is 0 Å². The largest absolute Gasteiger partial charge is 0.459 e. The predicted molar refractivity (Wildman–Crippen MR) is 93.9 cm³/mol. The number of rotatable bonds is 7. The van der Waals surface area contributed by atoms with Crippen LogP contribution >= 0.6 is 0 Å². The molecule has 0 aliphatic rings. The molecule has 0 bridgehead atoms. The first-order valence-electron chi connectivity index (χ1n) is 8.37. The maximum Gasteiger partial charge on any atom is 0.314 e. The van der Waals surface area contributed by atoms with Gasteiger partial charge in [-0.05, 0) is 23.6 Å². The Balaban J connectivity index is 1.87. The molecule has 2 atom stereocenters. The van der Waals surface area contributed by atoms with Crippen molar-refractivity contribution in [3.63, 3.8) is 0 Å². The van der Waals surface area contributed by atoms with Gasteiger partial charge in [0.2, 0.25) is 0 Å². The fourth-order valence-corrected chi connectivity index (χ4v) is 2.45. The number of carbonyl (C=O) groups excluding carboxylic acids is 3. The van der Waals surface area contributed by atoms with Crippen LogP contribution in [0.4, 0.5) is 0 Å². The highest BCUT2D eigenvalue weighted by Gasteiger charge is 2.27. The number of ether oxygens (including phenoxy) is 1. The molecule has 2 aromatic rings. The topological polar surface area (TPSA) is 97.6 Å². The summed E-state index contributed by atoms with van der Waals surface area (Å²) >= 11 is 0. The second-order valence-corrected chi connectivity index (χ2v) is 5.86. The van der Waals surface area contributed by atoms with Gasteiger partial charge in [-0.2, -0.15) is 0 Å². The molecule has 7 nitrogen and oxygen atoms in total. The molecule has 1 aromatic carbocycles. The lowest BCUT2D eigenvalue weighted by atomic mass is 9.86. The van der Waals surface area contributed by atoms with Gasteiger partial charge in [-0.25, -0.2) is 0 Å². The lowest BCUT2D eigenvalue weighted by Gasteiger charge is -2.21. The maximum absolute atomic E-state index is 12.5. The zero-order valence-electron chi connectivity index (χ0n) is 14.7. The molecule has 2 rings (SSSR count). The first-order valence-corrected chi connectivity index (χ1v) is 8.37. The van der Waals surface area contributed by atoms with Crippen molar-refractivity contribution >= 4 is 17.8 Å². The number of carbonyl (C=O) groups is 3. The molecule has 0 fully saturated rings. The lowest BCUT2D eigenvalue weighted by molar-refractivity contribution is -0.151. The molecule has 2 amide bonds. The summed E-state index contributed by atoms with van der Waals surface area (Å²) in [6, 6.07) is 12.3. The molecule has 2 N–H and O–H groups in total. The molecule has 0 aliphatic heterocycles. The number of furan rings is 1. The highest BCUT2D eigenvalue weighted by Crippen LogP contribution is 2.28. The number of esters is 1. The Hall–Kier alpha value is -3.09. The van der Waals surface area contributed by atoms with Gasteiger partial charge < -0.3 is 9.15 Å². The van der Waals surface area contributed by atoms with Crippen molar-refractivity contribution in [2.45, 2.75) is 26.2 Å². The van der Waals surface area contributed by atoms with Crippen molar-refractivity contribution in [3.8, 4) is 0 Å². The molecule has 0 saturated heterocycles. The normalized spacial score (nSPS) is 12.7. The zero-order valence-corrected chi connectivity index (χ0v) is 14.7. The van der Waals surface area contributed by atoms with Crippen molar-refractivity contribution in [1.82, 2.24) is 10.9 Å². The van der Waals surface area contributed by atoms with Crippen LogP contribution in [0.25, 0.3) is 0 Å². The summed E-state index contributed by atoms with van der Waals surface area (Å²) in [4.78, 5) is 35.9. The highest BCUT2D eigenvalue weighted by molar-refractivity contribution is 5.93. The van der Waals surface area contributed by atoms with Crippen molar-refractivity contribution in [1.29, 1.82) is 0 Å². The monoisotopic (exact) mass is 358 g/mol. The number of nitrogens with one attached hydrogen (secondary N) is 2. The zero-order chi connectivity index (χ0) is 18.9. The summed E-state index contributed by atoms with van der Waals surface area (Å²) < 4.78 is 10.0. The predicted octanol–water partition coefficient (Wildman–Crippen LogP) is 2.41. The number of hydrazine groups is 1. The van der Waals surface area contributed by atoms with E-state index in [1.165, 1.54) is 12.3 Å². The number of amides is 2. The van der Waals surface area contributed by atoms with Gasteiger partial charge in [0.25, 0.3) is 5.91 Å². The van der Waals surface area contributed by atoms with E-state index in [-0.39, 0.29) is 11.7 Å². The van der Waals surface area contributed by atoms with Gasteiger partial charge in [-0.15, -0.1) is 0 Å². The van der Waals surface area contributed by atoms with Crippen LogP contribution in [-0.4, -0.2) is 24.4 Å². The fourth-order valence-electron chi connectivity index (χ4n) is 2.45. The summed E-state index contributed by atoms with van der Waals surface area (Å²) in [5.41, 5.74) is 5.20. The Morgan fingerprint density at radius 2 is 1.81 bits per heavy atom. The maximum atomic E-state index is 12.5. The van der Waals surface area contributed by atoms with Crippen LogP contribution in [0.15, 0.2) is 53.1 Å². The average Bonchev–Trinajstić information content (AvgIpc) is 3.20. The van der Waals surface area contributed by atoms with Crippen LogP contribution in [0.3, 0.4) is 0 Å². The first kappa shape index (κ1) is 19.2. The van der Waals surface area contributed by atoms with E-state index in [9.17, 15) is 14.4 Å². The molecule has 1 aromatic heterocycles. The van der Waals surface area contributed by atoms with E-state index < -0.39 is 30.3 Å². The molecule has 138 valence electrons. The molecule has 0 spiro atoms. The summed E-state index contributed by atoms with van der Waals surface area (Å²) in [6.07, 6.45) is 2.14. The summed E-state index contributed by atoms with van der Waals surface area (Å²) in [7, 11) is 0. The standard InChI is InChI=1S/C19H22N2O5/c1-3-13(2)17(14-8-5-4-6-9-14)19(24)26-12-16(22)20-21-18(23)15-10-7-11-25-15/h4-11,13,17H,3,12H2,1-2H3,(H,20,22)(H,21,23)/t13-,17+/m0/s1. The number of hydrogen-bond donors (Lipinski definition) is 2. The third kappa shape index (κ3) is 5.20.